The van der Waals surface area contributed by atoms with Gasteiger partial charge in [0, 0.05) is 16.5 Å². The van der Waals surface area contributed by atoms with Gasteiger partial charge in [0.2, 0.25) is 10.0 Å². The molecule has 2 N–H and O–H groups in total. The number of hydrazone groups is 1. The number of sulfonamides is 1. The fourth-order valence-corrected chi connectivity index (χ4v) is 4.07. The summed E-state index contributed by atoms with van der Waals surface area (Å²) in [5, 5.41) is 13.2. The Balaban J connectivity index is 1.74. The van der Waals surface area contributed by atoms with Crippen molar-refractivity contribution in [3.63, 3.8) is 0 Å². The first-order chi connectivity index (χ1) is 13.8. The van der Waals surface area contributed by atoms with Crippen LogP contribution in [-0.2, 0) is 10.0 Å². The SMILES string of the molecule is NS(=O)(=O)c1ccc(N2N=C(c3ccc(Cl)cc3)CC2c2ccc(Cl)cc2)cc1. The van der Waals surface area contributed by atoms with Crippen molar-refractivity contribution in [1.82, 2.24) is 0 Å². The summed E-state index contributed by atoms with van der Waals surface area (Å²) in [5.41, 5.74) is 3.72. The summed E-state index contributed by atoms with van der Waals surface area (Å²) in [6.45, 7) is 0. The van der Waals surface area contributed by atoms with E-state index >= 15 is 0 Å². The molecule has 3 aromatic carbocycles. The first kappa shape index (κ1) is 19.9. The van der Waals surface area contributed by atoms with Gasteiger partial charge in [-0.05, 0) is 59.7 Å². The normalized spacial score (nSPS) is 16.7. The Kier molecular flexibility index (Phi) is 5.36. The zero-order valence-electron chi connectivity index (χ0n) is 15.2. The quantitative estimate of drug-likeness (QED) is 0.613. The molecule has 8 heteroatoms. The van der Waals surface area contributed by atoms with Crippen LogP contribution in [0.3, 0.4) is 0 Å². The van der Waals surface area contributed by atoms with Crippen molar-refractivity contribution in [2.75, 3.05) is 5.01 Å². The third-order valence-corrected chi connectivity index (χ3v) is 6.21. The van der Waals surface area contributed by atoms with Crippen LogP contribution in [-0.4, -0.2) is 14.1 Å². The van der Waals surface area contributed by atoms with Crippen molar-refractivity contribution in [1.29, 1.82) is 0 Å². The number of rotatable bonds is 4. The number of nitrogens with zero attached hydrogens (tertiary/aromatic N) is 2. The van der Waals surface area contributed by atoms with Crippen LogP contribution >= 0.6 is 23.2 Å². The van der Waals surface area contributed by atoms with Crippen LogP contribution in [0.1, 0.15) is 23.6 Å². The Morgan fingerprint density at radius 2 is 1.41 bits per heavy atom. The van der Waals surface area contributed by atoms with Gasteiger partial charge >= 0.3 is 0 Å². The highest BCUT2D eigenvalue weighted by Crippen LogP contribution is 2.37. The number of halogens is 2. The van der Waals surface area contributed by atoms with E-state index in [1.165, 1.54) is 12.1 Å². The number of primary sulfonamides is 1. The minimum Gasteiger partial charge on any atom is -0.257 e. The molecule has 0 radical (unpaired) electrons. The molecule has 0 aliphatic carbocycles. The number of benzene rings is 3. The van der Waals surface area contributed by atoms with Gasteiger partial charge in [-0.25, -0.2) is 13.6 Å². The summed E-state index contributed by atoms with van der Waals surface area (Å²) in [6, 6.07) is 21.5. The fourth-order valence-electron chi connectivity index (χ4n) is 3.30. The van der Waals surface area contributed by atoms with Gasteiger partial charge in [0.1, 0.15) is 0 Å². The molecule has 0 aromatic heterocycles. The van der Waals surface area contributed by atoms with Crippen molar-refractivity contribution >= 4 is 44.6 Å². The molecule has 0 saturated heterocycles. The molecule has 0 spiro atoms. The van der Waals surface area contributed by atoms with Crippen molar-refractivity contribution in [2.24, 2.45) is 10.2 Å². The third-order valence-electron chi connectivity index (χ3n) is 4.77. The van der Waals surface area contributed by atoms with Gasteiger partial charge in [-0.1, -0.05) is 47.5 Å². The van der Waals surface area contributed by atoms with Crippen LogP contribution in [0.5, 0.6) is 0 Å². The topological polar surface area (TPSA) is 75.8 Å². The summed E-state index contributed by atoms with van der Waals surface area (Å²) < 4.78 is 23.1. The number of anilines is 1. The lowest BCUT2D eigenvalue weighted by atomic mass is 9.98. The minimum atomic E-state index is -3.75. The number of nitrogens with two attached hydrogens (primary N) is 1. The molecule has 1 unspecified atom stereocenters. The van der Waals surface area contributed by atoms with Crippen LogP contribution in [0.4, 0.5) is 5.69 Å². The second kappa shape index (κ2) is 7.80. The van der Waals surface area contributed by atoms with Gasteiger partial charge < -0.3 is 0 Å². The van der Waals surface area contributed by atoms with Gasteiger partial charge in [0.15, 0.2) is 0 Å². The maximum absolute atomic E-state index is 11.6. The highest BCUT2D eigenvalue weighted by molar-refractivity contribution is 7.89. The molecule has 1 heterocycles. The van der Waals surface area contributed by atoms with E-state index in [1.54, 1.807) is 12.1 Å². The van der Waals surface area contributed by atoms with Crippen LogP contribution in [0.25, 0.3) is 0 Å². The summed E-state index contributed by atoms with van der Waals surface area (Å²) in [6.07, 6.45) is 0.681. The largest absolute Gasteiger partial charge is 0.257 e. The molecule has 148 valence electrons. The molecule has 4 rings (SSSR count). The molecular weight excluding hydrogens is 429 g/mol. The fraction of sp³-hybridized carbons (Fsp3) is 0.0952. The second-order valence-electron chi connectivity index (χ2n) is 6.71. The molecule has 1 aliphatic rings. The van der Waals surface area contributed by atoms with Crippen LogP contribution in [0.15, 0.2) is 82.8 Å². The van der Waals surface area contributed by atoms with Crippen LogP contribution in [0.2, 0.25) is 10.0 Å². The van der Waals surface area contributed by atoms with Crippen LogP contribution < -0.4 is 10.1 Å². The molecule has 3 aromatic rings. The Morgan fingerprint density at radius 3 is 1.97 bits per heavy atom. The predicted octanol–water partition coefficient (Wildman–Crippen LogP) is 5.00. The second-order valence-corrected chi connectivity index (χ2v) is 9.14. The molecule has 29 heavy (non-hydrogen) atoms. The Hall–Kier alpha value is -2.38. The molecular formula is C21H17Cl2N3O2S. The van der Waals surface area contributed by atoms with Crippen molar-refractivity contribution in [3.05, 3.63) is 94.0 Å². The van der Waals surface area contributed by atoms with E-state index in [9.17, 15) is 8.42 Å². The summed E-state index contributed by atoms with van der Waals surface area (Å²) in [5.74, 6) is 0. The monoisotopic (exact) mass is 445 g/mol. The Bertz CT molecular complexity index is 1160. The molecule has 0 fully saturated rings. The average molecular weight is 446 g/mol. The first-order valence-electron chi connectivity index (χ1n) is 8.82. The van der Waals surface area contributed by atoms with Gasteiger partial charge in [-0.15, -0.1) is 0 Å². The van der Waals surface area contributed by atoms with E-state index in [2.05, 4.69) is 0 Å². The zero-order chi connectivity index (χ0) is 20.6. The molecule has 1 atom stereocenters. The maximum atomic E-state index is 11.6. The smallest absolute Gasteiger partial charge is 0.238 e. The van der Waals surface area contributed by atoms with E-state index in [0.717, 1.165) is 22.5 Å². The Morgan fingerprint density at radius 1 is 0.862 bits per heavy atom. The lowest BCUT2D eigenvalue weighted by Gasteiger charge is -2.24. The van der Waals surface area contributed by atoms with E-state index in [0.29, 0.717) is 16.5 Å². The summed E-state index contributed by atoms with van der Waals surface area (Å²) in [7, 11) is -3.75. The molecule has 0 saturated carbocycles. The molecule has 0 amide bonds. The third kappa shape index (κ3) is 4.31. The highest BCUT2D eigenvalue weighted by atomic mass is 35.5. The van der Waals surface area contributed by atoms with E-state index < -0.39 is 10.0 Å². The lowest BCUT2D eigenvalue weighted by molar-refractivity contribution is 0.597. The van der Waals surface area contributed by atoms with Crippen molar-refractivity contribution in [2.45, 2.75) is 17.4 Å². The molecule has 5 nitrogen and oxygen atoms in total. The first-order valence-corrected chi connectivity index (χ1v) is 11.1. The van der Waals surface area contributed by atoms with Gasteiger partial charge in [0.05, 0.1) is 22.3 Å². The summed E-state index contributed by atoms with van der Waals surface area (Å²) in [4.78, 5) is 0.0606. The van der Waals surface area contributed by atoms with E-state index in [4.69, 9.17) is 33.4 Å². The molecule has 0 bridgehead atoms. The van der Waals surface area contributed by atoms with Crippen LogP contribution in [0, 0.1) is 0 Å². The van der Waals surface area contributed by atoms with Crippen molar-refractivity contribution in [3.8, 4) is 0 Å². The average Bonchev–Trinajstić information content (AvgIpc) is 3.14. The number of hydrogen-bond acceptors (Lipinski definition) is 4. The zero-order valence-corrected chi connectivity index (χ0v) is 17.5. The van der Waals surface area contributed by atoms with E-state index in [1.807, 2.05) is 53.5 Å². The van der Waals surface area contributed by atoms with Gasteiger partial charge in [-0.2, -0.15) is 5.10 Å². The van der Waals surface area contributed by atoms with Gasteiger partial charge in [0.25, 0.3) is 0 Å². The minimum absolute atomic E-state index is 0.0571. The van der Waals surface area contributed by atoms with Crippen molar-refractivity contribution < 1.29 is 8.42 Å². The van der Waals surface area contributed by atoms with Gasteiger partial charge in [-0.3, -0.25) is 5.01 Å². The lowest BCUT2D eigenvalue weighted by Crippen LogP contribution is -2.19. The molecule has 1 aliphatic heterocycles. The van der Waals surface area contributed by atoms with E-state index in [-0.39, 0.29) is 10.9 Å². The highest BCUT2D eigenvalue weighted by Gasteiger charge is 2.30. The predicted molar refractivity (Wildman–Crippen MR) is 117 cm³/mol. The maximum Gasteiger partial charge on any atom is 0.238 e. The number of hydrogen-bond donors (Lipinski definition) is 1. The summed E-state index contributed by atoms with van der Waals surface area (Å²) >= 11 is 12.1. The Labute approximate surface area is 179 Å². The standard InChI is InChI=1S/C21H17Cl2N3O2S/c22-16-5-1-14(2-6-16)20-13-21(15-3-7-17(23)8-4-15)26(25-20)18-9-11-19(12-10-18)29(24,27)28/h1-12,21H,13H2,(H2,24,27,28).